The first-order valence-corrected chi connectivity index (χ1v) is 11.0. The van der Waals surface area contributed by atoms with E-state index in [9.17, 15) is 17.6 Å². The minimum Gasteiger partial charge on any atom is -0.342 e. The molecule has 0 radical (unpaired) electrons. The van der Waals surface area contributed by atoms with E-state index in [4.69, 9.17) is 0 Å². The molecule has 28 heavy (non-hydrogen) atoms. The molecule has 2 aromatic rings. The maximum absolute atomic E-state index is 13.0. The Kier molecular flexibility index (Phi) is 6.34. The highest BCUT2D eigenvalue weighted by molar-refractivity contribution is 7.92. The normalized spacial score (nSPS) is 13.9. The second-order valence-electron chi connectivity index (χ2n) is 7.22. The van der Waals surface area contributed by atoms with E-state index in [1.807, 2.05) is 4.90 Å². The van der Waals surface area contributed by atoms with Crippen LogP contribution in [0.2, 0.25) is 0 Å². The molecule has 0 atom stereocenters. The first-order valence-electron chi connectivity index (χ1n) is 9.52. The van der Waals surface area contributed by atoms with Crippen LogP contribution in [0.5, 0.6) is 0 Å². The van der Waals surface area contributed by atoms with Gasteiger partial charge in [0.2, 0.25) is 5.91 Å². The third-order valence-corrected chi connectivity index (χ3v) is 6.10. The monoisotopic (exact) mass is 404 g/mol. The predicted molar refractivity (Wildman–Crippen MR) is 107 cm³/mol. The fraction of sp³-hybridized carbons (Fsp3) is 0.381. The van der Waals surface area contributed by atoms with E-state index in [0.29, 0.717) is 18.0 Å². The highest BCUT2D eigenvalue weighted by Crippen LogP contribution is 2.30. The Balaban J connectivity index is 1.62. The Morgan fingerprint density at radius 2 is 1.75 bits per heavy atom. The third kappa shape index (κ3) is 5.55. The van der Waals surface area contributed by atoms with Crippen LogP contribution in [0.15, 0.2) is 53.4 Å². The van der Waals surface area contributed by atoms with Gasteiger partial charge in [-0.05, 0) is 67.1 Å². The molecular formula is C21H25FN2O3S. The number of halogens is 1. The lowest BCUT2D eigenvalue weighted by molar-refractivity contribution is -0.130. The van der Waals surface area contributed by atoms with Crippen molar-refractivity contribution >= 4 is 21.6 Å². The van der Waals surface area contributed by atoms with Crippen LogP contribution in [0.1, 0.15) is 31.7 Å². The van der Waals surface area contributed by atoms with E-state index in [1.54, 1.807) is 24.3 Å². The summed E-state index contributed by atoms with van der Waals surface area (Å²) in [5, 5.41) is 0. The van der Waals surface area contributed by atoms with Gasteiger partial charge in [-0.3, -0.25) is 9.52 Å². The van der Waals surface area contributed by atoms with Crippen LogP contribution in [0.4, 0.5) is 10.1 Å². The van der Waals surface area contributed by atoms with Crippen molar-refractivity contribution < 1.29 is 17.6 Å². The number of sulfonamides is 1. The molecule has 0 aliphatic heterocycles. The van der Waals surface area contributed by atoms with Crippen LogP contribution >= 0.6 is 0 Å². The number of rotatable bonds is 9. The van der Waals surface area contributed by atoms with Crippen LogP contribution < -0.4 is 4.72 Å². The molecule has 5 nitrogen and oxygen atoms in total. The predicted octanol–water partition coefficient (Wildman–Crippen LogP) is 3.82. The largest absolute Gasteiger partial charge is 0.342 e. The summed E-state index contributed by atoms with van der Waals surface area (Å²) in [6.45, 7) is 3.67. The number of nitrogens with one attached hydrogen (secondary N) is 1. The fourth-order valence-electron chi connectivity index (χ4n) is 3.00. The van der Waals surface area contributed by atoms with Crippen molar-refractivity contribution in [1.29, 1.82) is 0 Å². The Morgan fingerprint density at radius 1 is 1.11 bits per heavy atom. The van der Waals surface area contributed by atoms with Crippen LogP contribution in [0.3, 0.4) is 0 Å². The molecule has 1 aliphatic carbocycles. The standard InChI is InChI=1S/C21H25FN2O3S/c1-2-13-24(15-17-3-4-17)21(25)14-16-5-9-19(10-6-16)23-28(26,27)20-11-7-18(22)8-12-20/h5-12,17,23H,2-4,13-15H2,1H3. The van der Waals surface area contributed by atoms with Crippen LogP contribution in [-0.4, -0.2) is 32.3 Å². The van der Waals surface area contributed by atoms with Crippen molar-refractivity contribution in [3.63, 3.8) is 0 Å². The first-order chi connectivity index (χ1) is 13.4. The van der Waals surface area contributed by atoms with Crippen LogP contribution in [0.25, 0.3) is 0 Å². The molecule has 1 fully saturated rings. The summed E-state index contributed by atoms with van der Waals surface area (Å²) >= 11 is 0. The highest BCUT2D eigenvalue weighted by atomic mass is 32.2. The van der Waals surface area contributed by atoms with Gasteiger partial charge in [0.1, 0.15) is 5.82 Å². The van der Waals surface area contributed by atoms with Gasteiger partial charge in [0.15, 0.2) is 0 Å². The number of hydrogen-bond acceptors (Lipinski definition) is 3. The first kappa shape index (κ1) is 20.3. The molecule has 0 spiro atoms. The summed E-state index contributed by atoms with van der Waals surface area (Å²) in [6, 6.07) is 11.4. The van der Waals surface area contributed by atoms with Crippen LogP contribution in [-0.2, 0) is 21.2 Å². The zero-order valence-electron chi connectivity index (χ0n) is 15.9. The Labute approximate surface area is 165 Å². The number of anilines is 1. The van der Waals surface area contributed by atoms with Gasteiger partial charge in [0, 0.05) is 18.8 Å². The molecular weight excluding hydrogens is 379 g/mol. The van der Waals surface area contributed by atoms with Gasteiger partial charge in [-0.15, -0.1) is 0 Å². The van der Waals surface area contributed by atoms with Crippen molar-refractivity contribution in [2.75, 3.05) is 17.8 Å². The SMILES string of the molecule is CCCN(CC1CC1)C(=O)Cc1ccc(NS(=O)(=O)c2ccc(F)cc2)cc1. The van der Waals surface area contributed by atoms with Gasteiger partial charge in [-0.25, -0.2) is 12.8 Å². The van der Waals surface area contributed by atoms with Gasteiger partial charge in [0.25, 0.3) is 10.0 Å². The summed E-state index contributed by atoms with van der Waals surface area (Å²) in [5.41, 5.74) is 1.23. The smallest absolute Gasteiger partial charge is 0.261 e. The summed E-state index contributed by atoms with van der Waals surface area (Å²) < 4.78 is 40.2. The number of carbonyl (C=O) groups excluding carboxylic acids is 1. The lowest BCUT2D eigenvalue weighted by atomic mass is 10.1. The minimum atomic E-state index is -3.79. The van der Waals surface area contributed by atoms with Gasteiger partial charge in [-0.1, -0.05) is 19.1 Å². The number of amides is 1. The van der Waals surface area contributed by atoms with Crippen molar-refractivity contribution in [3.8, 4) is 0 Å². The van der Waals surface area contributed by atoms with E-state index in [-0.39, 0.29) is 10.8 Å². The number of benzene rings is 2. The van der Waals surface area contributed by atoms with Crippen molar-refractivity contribution in [2.45, 2.75) is 37.5 Å². The van der Waals surface area contributed by atoms with Gasteiger partial charge >= 0.3 is 0 Å². The molecule has 1 N–H and O–H groups in total. The molecule has 3 rings (SSSR count). The van der Waals surface area contributed by atoms with E-state index in [2.05, 4.69) is 11.6 Å². The molecule has 7 heteroatoms. The molecule has 0 bridgehead atoms. The molecule has 0 unspecified atom stereocenters. The van der Waals surface area contributed by atoms with Crippen molar-refractivity contribution in [2.24, 2.45) is 5.92 Å². The lowest BCUT2D eigenvalue weighted by Gasteiger charge is -2.22. The Bertz CT molecular complexity index is 908. The Morgan fingerprint density at radius 3 is 2.32 bits per heavy atom. The number of carbonyl (C=O) groups is 1. The second-order valence-corrected chi connectivity index (χ2v) is 8.90. The zero-order valence-corrected chi connectivity index (χ0v) is 16.7. The fourth-order valence-corrected chi connectivity index (χ4v) is 4.06. The molecule has 2 aromatic carbocycles. The molecule has 0 heterocycles. The van der Waals surface area contributed by atoms with E-state index >= 15 is 0 Å². The van der Waals surface area contributed by atoms with Crippen molar-refractivity contribution in [1.82, 2.24) is 4.90 Å². The van der Waals surface area contributed by atoms with Crippen LogP contribution in [0, 0.1) is 11.7 Å². The van der Waals surface area contributed by atoms with Gasteiger partial charge in [-0.2, -0.15) is 0 Å². The average molecular weight is 405 g/mol. The molecule has 1 amide bonds. The quantitative estimate of drug-likeness (QED) is 0.691. The summed E-state index contributed by atoms with van der Waals surface area (Å²) in [4.78, 5) is 14.5. The maximum atomic E-state index is 13.0. The summed E-state index contributed by atoms with van der Waals surface area (Å²) in [7, 11) is -3.79. The third-order valence-electron chi connectivity index (χ3n) is 4.71. The van der Waals surface area contributed by atoms with Crippen molar-refractivity contribution in [3.05, 3.63) is 59.9 Å². The molecule has 0 aromatic heterocycles. The maximum Gasteiger partial charge on any atom is 0.261 e. The molecule has 1 aliphatic rings. The van der Waals surface area contributed by atoms with E-state index < -0.39 is 15.8 Å². The minimum absolute atomic E-state index is 0.0107. The molecule has 0 saturated heterocycles. The summed E-state index contributed by atoms with van der Waals surface area (Å²) in [5.74, 6) is 0.263. The summed E-state index contributed by atoms with van der Waals surface area (Å²) in [6.07, 6.45) is 3.65. The zero-order chi connectivity index (χ0) is 20.1. The average Bonchev–Trinajstić information content (AvgIpc) is 3.47. The topological polar surface area (TPSA) is 66.5 Å². The lowest BCUT2D eigenvalue weighted by Crippen LogP contribution is -2.34. The number of hydrogen-bond donors (Lipinski definition) is 1. The van der Waals surface area contributed by atoms with E-state index in [1.165, 1.54) is 25.0 Å². The Hall–Kier alpha value is -2.41. The van der Waals surface area contributed by atoms with Gasteiger partial charge < -0.3 is 4.90 Å². The van der Waals surface area contributed by atoms with E-state index in [0.717, 1.165) is 37.2 Å². The van der Waals surface area contributed by atoms with Gasteiger partial charge in [0.05, 0.1) is 11.3 Å². The highest BCUT2D eigenvalue weighted by Gasteiger charge is 2.26. The molecule has 150 valence electrons. The second kappa shape index (κ2) is 8.73. The molecule has 1 saturated carbocycles. The number of nitrogens with zero attached hydrogens (tertiary/aromatic N) is 1.